The second-order valence-corrected chi connectivity index (χ2v) is 5.09. The molecule has 6 heteroatoms. The molecule has 1 rings (SSSR count). The summed E-state index contributed by atoms with van der Waals surface area (Å²) in [5, 5.41) is 15.9. The molecule has 0 aliphatic rings. The smallest absolute Gasteiger partial charge is 0.191 e. The minimum absolute atomic E-state index is 0. The first-order valence-electron chi connectivity index (χ1n) is 6.55. The van der Waals surface area contributed by atoms with Gasteiger partial charge in [-0.25, -0.2) is 0 Å². The van der Waals surface area contributed by atoms with Crippen molar-refractivity contribution in [3.05, 3.63) is 29.8 Å². The Balaban J connectivity index is 0.00000361. The number of benzene rings is 1. The summed E-state index contributed by atoms with van der Waals surface area (Å²) in [5.41, 5.74) is 1.12. The van der Waals surface area contributed by atoms with Gasteiger partial charge in [-0.2, -0.15) is 11.8 Å². The van der Waals surface area contributed by atoms with Gasteiger partial charge in [-0.05, 0) is 37.3 Å². The topological polar surface area (TPSA) is 56.7 Å². The molecule has 0 unspecified atom stereocenters. The summed E-state index contributed by atoms with van der Waals surface area (Å²) in [4.78, 5) is 4.48. The Morgan fingerprint density at radius 3 is 2.80 bits per heavy atom. The van der Waals surface area contributed by atoms with E-state index in [1.807, 2.05) is 12.1 Å². The predicted octanol–water partition coefficient (Wildman–Crippen LogP) is 2.47. The summed E-state index contributed by atoms with van der Waals surface area (Å²) in [6.07, 6.45) is 2.94. The second-order valence-electron chi connectivity index (χ2n) is 4.10. The van der Waals surface area contributed by atoms with Gasteiger partial charge in [-0.3, -0.25) is 4.99 Å². The number of aliphatic imine (C=N–C) groups is 1. The molecule has 0 aliphatic heterocycles. The maximum absolute atomic E-state index is 9.39. The predicted molar refractivity (Wildman–Crippen MR) is 99.6 cm³/mol. The maximum Gasteiger partial charge on any atom is 0.191 e. The Morgan fingerprint density at radius 2 is 2.15 bits per heavy atom. The lowest BCUT2D eigenvalue weighted by atomic mass is 10.1. The van der Waals surface area contributed by atoms with Crippen LogP contribution in [0.25, 0.3) is 0 Å². The van der Waals surface area contributed by atoms with Crippen molar-refractivity contribution in [2.45, 2.75) is 13.3 Å². The lowest BCUT2D eigenvalue weighted by Gasteiger charge is -2.11. The fourth-order valence-electron chi connectivity index (χ4n) is 1.63. The third-order valence-corrected chi connectivity index (χ3v) is 3.12. The molecule has 4 nitrogen and oxygen atoms in total. The highest BCUT2D eigenvalue weighted by Crippen LogP contribution is 2.10. The number of thioether (sulfide) groups is 1. The number of nitrogens with one attached hydrogen (secondary N) is 2. The number of hydrogen-bond donors (Lipinski definition) is 3. The van der Waals surface area contributed by atoms with Gasteiger partial charge in [0, 0.05) is 18.8 Å². The van der Waals surface area contributed by atoms with Gasteiger partial charge in [0.1, 0.15) is 5.75 Å². The van der Waals surface area contributed by atoms with Crippen LogP contribution in [-0.2, 0) is 6.42 Å². The summed E-state index contributed by atoms with van der Waals surface area (Å²) < 4.78 is 0. The van der Waals surface area contributed by atoms with Gasteiger partial charge < -0.3 is 15.7 Å². The van der Waals surface area contributed by atoms with E-state index in [2.05, 4.69) is 28.8 Å². The van der Waals surface area contributed by atoms with Crippen LogP contribution in [0.4, 0.5) is 0 Å². The van der Waals surface area contributed by atoms with Crippen LogP contribution in [0.1, 0.15) is 12.5 Å². The monoisotopic (exact) mass is 409 g/mol. The number of phenolic OH excluding ortho intramolecular Hbond substituents is 1. The number of hydrogen-bond acceptors (Lipinski definition) is 3. The third kappa shape index (κ3) is 8.52. The zero-order valence-corrected chi connectivity index (χ0v) is 15.2. The molecular weight excluding hydrogens is 385 g/mol. The Kier molecular flexibility index (Phi) is 11.8. The van der Waals surface area contributed by atoms with E-state index in [9.17, 15) is 5.11 Å². The maximum atomic E-state index is 9.39. The Bertz CT molecular complexity index is 402. The zero-order chi connectivity index (χ0) is 13.9. The number of aromatic hydroxyl groups is 1. The third-order valence-electron chi connectivity index (χ3n) is 2.53. The first kappa shape index (κ1) is 19.4. The molecule has 0 atom stereocenters. The van der Waals surface area contributed by atoms with Crippen molar-refractivity contribution in [2.24, 2.45) is 4.99 Å². The van der Waals surface area contributed by atoms with E-state index in [1.165, 1.54) is 0 Å². The largest absolute Gasteiger partial charge is 0.508 e. The molecule has 0 heterocycles. The minimum Gasteiger partial charge on any atom is -0.508 e. The lowest BCUT2D eigenvalue weighted by Crippen LogP contribution is -2.38. The van der Waals surface area contributed by atoms with E-state index in [-0.39, 0.29) is 24.0 Å². The summed E-state index contributed by atoms with van der Waals surface area (Å²) in [5.74, 6) is 2.21. The minimum atomic E-state index is 0. The van der Waals surface area contributed by atoms with E-state index < -0.39 is 0 Å². The molecule has 3 N–H and O–H groups in total. The Labute approximate surface area is 142 Å². The van der Waals surface area contributed by atoms with Gasteiger partial charge in [0.25, 0.3) is 0 Å². The van der Waals surface area contributed by atoms with Crippen LogP contribution in [0.15, 0.2) is 29.3 Å². The van der Waals surface area contributed by atoms with E-state index in [4.69, 9.17) is 0 Å². The van der Waals surface area contributed by atoms with Crippen molar-refractivity contribution in [2.75, 3.05) is 31.6 Å². The van der Waals surface area contributed by atoms with Crippen molar-refractivity contribution in [3.8, 4) is 5.75 Å². The van der Waals surface area contributed by atoms with E-state index >= 15 is 0 Å². The van der Waals surface area contributed by atoms with E-state index in [0.717, 1.165) is 43.3 Å². The number of nitrogens with zero attached hydrogens (tertiary/aromatic N) is 1. The van der Waals surface area contributed by atoms with Crippen LogP contribution in [0.5, 0.6) is 5.75 Å². The van der Waals surface area contributed by atoms with Crippen LogP contribution in [0, 0.1) is 0 Å². The van der Waals surface area contributed by atoms with E-state index in [0.29, 0.717) is 5.75 Å². The van der Waals surface area contributed by atoms with Crippen molar-refractivity contribution in [1.82, 2.24) is 10.6 Å². The molecule has 0 amide bonds. The average molecular weight is 409 g/mol. The summed E-state index contributed by atoms with van der Waals surface area (Å²) in [6, 6.07) is 7.35. The normalized spacial score (nSPS) is 10.8. The van der Waals surface area contributed by atoms with Gasteiger partial charge >= 0.3 is 0 Å². The number of guanidine groups is 1. The Morgan fingerprint density at radius 1 is 1.35 bits per heavy atom. The SMILES string of the molecule is CCNC(=NCCSC)NCCc1cccc(O)c1.I. The summed E-state index contributed by atoms with van der Waals surface area (Å²) in [6.45, 7) is 4.54. The first-order valence-corrected chi connectivity index (χ1v) is 7.94. The van der Waals surface area contributed by atoms with Gasteiger partial charge in [-0.1, -0.05) is 12.1 Å². The van der Waals surface area contributed by atoms with Gasteiger partial charge in [0.15, 0.2) is 5.96 Å². The fourth-order valence-corrected chi connectivity index (χ4v) is 1.90. The molecule has 1 aromatic rings. The molecule has 0 aliphatic carbocycles. The molecule has 0 aromatic heterocycles. The lowest BCUT2D eigenvalue weighted by molar-refractivity contribution is 0.474. The second kappa shape index (κ2) is 12.1. The summed E-state index contributed by atoms with van der Waals surface area (Å²) >= 11 is 1.79. The zero-order valence-electron chi connectivity index (χ0n) is 12.1. The summed E-state index contributed by atoms with van der Waals surface area (Å²) in [7, 11) is 0. The standard InChI is InChI=1S/C14H23N3OS.HI/c1-3-15-14(17-9-10-19-2)16-8-7-12-5-4-6-13(18)11-12;/h4-6,11,18H,3,7-10H2,1-2H3,(H2,15,16,17);1H. The highest BCUT2D eigenvalue weighted by molar-refractivity contribution is 14.0. The number of phenols is 1. The number of rotatable bonds is 7. The quantitative estimate of drug-likeness (QED) is 0.280. The average Bonchev–Trinajstić information content (AvgIpc) is 2.39. The van der Waals surface area contributed by atoms with E-state index in [1.54, 1.807) is 23.9 Å². The molecule has 0 saturated carbocycles. The molecule has 20 heavy (non-hydrogen) atoms. The van der Waals surface area contributed by atoms with Crippen LogP contribution in [0.2, 0.25) is 0 Å². The molecule has 114 valence electrons. The van der Waals surface area contributed by atoms with Gasteiger partial charge in [0.2, 0.25) is 0 Å². The van der Waals surface area contributed by atoms with Gasteiger partial charge in [0.05, 0.1) is 6.54 Å². The first-order chi connectivity index (χ1) is 9.26. The van der Waals surface area contributed by atoms with Crippen molar-refractivity contribution in [3.63, 3.8) is 0 Å². The van der Waals surface area contributed by atoms with Crippen molar-refractivity contribution >= 4 is 41.7 Å². The van der Waals surface area contributed by atoms with Crippen molar-refractivity contribution < 1.29 is 5.11 Å². The highest BCUT2D eigenvalue weighted by Gasteiger charge is 1.98. The van der Waals surface area contributed by atoms with Crippen molar-refractivity contribution in [1.29, 1.82) is 0 Å². The molecule has 1 aromatic carbocycles. The van der Waals surface area contributed by atoms with Crippen LogP contribution >= 0.6 is 35.7 Å². The van der Waals surface area contributed by atoms with Crippen LogP contribution in [0.3, 0.4) is 0 Å². The highest BCUT2D eigenvalue weighted by atomic mass is 127. The molecule has 0 fully saturated rings. The van der Waals surface area contributed by atoms with Gasteiger partial charge in [-0.15, -0.1) is 24.0 Å². The fraction of sp³-hybridized carbons (Fsp3) is 0.500. The molecule has 0 radical (unpaired) electrons. The van der Waals surface area contributed by atoms with Crippen LogP contribution < -0.4 is 10.6 Å². The Hall–Kier alpha value is -0.630. The molecular formula is C14H24IN3OS. The molecule has 0 saturated heterocycles. The number of halogens is 1. The van der Waals surface area contributed by atoms with Crippen LogP contribution in [-0.4, -0.2) is 42.7 Å². The molecule has 0 bridgehead atoms. The molecule has 0 spiro atoms.